The Hall–Kier alpha value is -1.06. The van der Waals surface area contributed by atoms with Crippen LogP contribution in [0.25, 0.3) is 0 Å². The predicted molar refractivity (Wildman–Crippen MR) is 74.5 cm³/mol. The number of hydrogen-bond donors (Lipinski definition) is 1. The number of nitrogens with zero attached hydrogens (tertiary/aromatic N) is 1. The zero-order chi connectivity index (χ0) is 14.0. The fourth-order valence-electron chi connectivity index (χ4n) is 2.79. The molecule has 1 aliphatic heterocycles. The topological polar surface area (TPSA) is 49.4 Å². The summed E-state index contributed by atoms with van der Waals surface area (Å²) in [4.78, 5) is 26.6. The number of amides is 2. The normalized spacial score (nSPS) is 27.9. The molecule has 4 heteroatoms. The average Bonchev–Trinajstić information content (AvgIpc) is 3.16. The van der Waals surface area contributed by atoms with Gasteiger partial charge < -0.3 is 10.2 Å². The molecule has 0 spiro atoms. The molecule has 1 saturated heterocycles. The van der Waals surface area contributed by atoms with E-state index in [1.54, 1.807) is 0 Å². The summed E-state index contributed by atoms with van der Waals surface area (Å²) in [5.41, 5.74) is 0. The van der Waals surface area contributed by atoms with Gasteiger partial charge in [-0.2, -0.15) is 0 Å². The van der Waals surface area contributed by atoms with Crippen molar-refractivity contribution in [2.75, 3.05) is 6.54 Å². The number of carbonyl (C=O) groups is 2. The summed E-state index contributed by atoms with van der Waals surface area (Å²) in [6, 6.07) is -0.578. The van der Waals surface area contributed by atoms with Crippen LogP contribution in [-0.4, -0.2) is 35.3 Å². The molecule has 1 heterocycles. The van der Waals surface area contributed by atoms with Crippen LogP contribution in [0, 0.1) is 11.8 Å². The van der Waals surface area contributed by atoms with Crippen LogP contribution in [0.2, 0.25) is 0 Å². The fourth-order valence-corrected chi connectivity index (χ4v) is 2.79. The zero-order valence-electron chi connectivity index (χ0n) is 12.3. The highest BCUT2D eigenvalue weighted by atomic mass is 16.2. The third kappa shape index (κ3) is 3.28. The lowest BCUT2D eigenvalue weighted by Crippen LogP contribution is -2.64. The minimum atomic E-state index is -0.334. The second kappa shape index (κ2) is 5.93. The Labute approximate surface area is 115 Å². The van der Waals surface area contributed by atoms with Crippen molar-refractivity contribution in [1.29, 1.82) is 0 Å². The second-order valence-corrected chi connectivity index (χ2v) is 6.30. The molecule has 1 aliphatic carbocycles. The van der Waals surface area contributed by atoms with Gasteiger partial charge in [-0.1, -0.05) is 40.0 Å². The molecule has 2 amide bonds. The summed E-state index contributed by atoms with van der Waals surface area (Å²) < 4.78 is 0. The van der Waals surface area contributed by atoms with Crippen molar-refractivity contribution in [2.24, 2.45) is 11.8 Å². The standard InChI is InChI=1S/C15H26N2O2/c1-4-5-12-14(18)16-13(10(2)3)15(19)17(12)9-8-11-6-7-11/h10-13H,4-9H2,1-3H3,(H,16,18). The van der Waals surface area contributed by atoms with Crippen LogP contribution in [0.1, 0.15) is 52.9 Å². The van der Waals surface area contributed by atoms with Gasteiger partial charge in [0.25, 0.3) is 0 Å². The highest BCUT2D eigenvalue weighted by Crippen LogP contribution is 2.33. The fraction of sp³-hybridized carbons (Fsp3) is 0.867. The minimum Gasteiger partial charge on any atom is -0.342 e. The lowest BCUT2D eigenvalue weighted by molar-refractivity contribution is -0.151. The molecule has 0 aromatic heterocycles. The van der Waals surface area contributed by atoms with Gasteiger partial charge in [-0.05, 0) is 24.7 Å². The number of hydrogen-bond acceptors (Lipinski definition) is 2. The smallest absolute Gasteiger partial charge is 0.246 e. The Bertz CT molecular complexity index is 350. The quantitative estimate of drug-likeness (QED) is 0.798. The Kier molecular flexibility index (Phi) is 4.48. The van der Waals surface area contributed by atoms with Gasteiger partial charge in [0.2, 0.25) is 11.8 Å². The lowest BCUT2D eigenvalue weighted by Gasteiger charge is -2.40. The van der Waals surface area contributed by atoms with Crippen LogP contribution in [0.3, 0.4) is 0 Å². The van der Waals surface area contributed by atoms with Crippen LogP contribution in [0.4, 0.5) is 0 Å². The summed E-state index contributed by atoms with van der Waals surface area (Å²) in [6.45, 7) is 6.79. The van der Waals surface area contributed by atoms with E-state index in [0.717, 1.165) is 31.7 Å². The monoisotopic (exact) mass is 266 g/mol. The van der Waals surface area contributed by atoms with Gasteiger partial charge in [-0.25, -0.2) is 0 Å². The number of piperazine rings is 1. The molecule has 4 nitrogen and oxygen atoms in total. The molecular formula is C15H26N2O2. The first-order chi connectivity index (χ1) is 9.04. The summed E-state index contributed by atoms with van der Waals surface area (Å²) >= 11 is 0. The maximum atomic E-state index is 12.5. The Balaban J connectivity index is 2.08. The Morgan fingerprint density at radius 1 is 1.26 bits per heavy atom. The molecule has 2 rings (SSSR count). The van der Waals surface area contributed by atoms with Crippen molar-refractivity contribution in [3.63, 3.8) is 0 Å². The Morgan fingerprint density at radius 3 is 2.47 bits per heavy atom. The van der Waals surface area contributed by atoms with Gasteiger partial charge in [0.15, 0.2) is 0 Å². The van der Waals surface area contributed by atoms with E-state index in [4.69, 9.17) is 0 Å². The molecule has 2 unspecified atom stereocenters. The molecular weight excluding hydrogens is 240 g/mol. The third-order valence-corrected chi connectivity index (χ3v) is 4.23. The number of rotatable bonds is 6. The van der Waals surface area contributed by atoms with E-state index in [1.165, 1.54) is 12.8 Å². The molecule has 2 fully saturated rings. The van der Waals surface area contributed by atoms with Crippen molar-refractivity contribution >= 4 is 11.8 Å². The molecule has 0 aromatic carbocycles. The van der Waals surface area contributed by atoms with Gasteiger partial charge in [-0.15, -0.1) is 0 Å². The van der Waals surface area contributed by atoms with Crippen molar-refractivity contribution in [3.8, 4) is 0 Å². The molecule has 19 heavy (non-hydrogen) atoms. The van der Waals surface area contributed by atoms with Crippen LogP contribution >= 0.6 is 0 Å². The number of nitrogens with one attached hydrogen (secondary N) is 1. The zero-order valence-corrected chi connectivity index (χ0v) is 12.3. The van der Waals surface area contributed by atoms with Crippen LogP contribution < -0.4 is 5.32 Å². The van der Waals surface area contributed by atoms with Crippen LogP contribution in [0.15, 0.2) is 0 Å². The van der Waals surface area contributed by atoms with Crippen molar-refractivity contribution in [1.82, 2.24) is 10.2 Å². The molecule has 1 N–H and O–H groups in total. The first-order valence-corrected chi connectivity index (χ1v) is 7.65. The summed E-state index contributed by atoms with van der Waals surface area (Å²) in [5.74, 6) is 1.10. The van der Waals surface area contributed by atoms with Crippen LogP contribution in [-0.2, 0) is 9.59 Å². The van der Waals surface area contributed by atoms with E-state index in [1.807, 2.05) is 18.7 Å². The molecule has 1 saturated carbocycles. The Morgan fingerprint density at radius 2 is 1.95 bits per heavy atom. The highest BCUT2D eigenvalue weighted by molar-refractivity contribution is 5.97. The van der Waals surface area contributed by atoms with Crippen LogP contribution in [0.5, 0.6) is 0 Å². The highest BCUT2D eigenvalue weighted by Gasteiger charge is 2.41. The van der Waals surface area contributed by atoms with Crippen molar-refractivity contribution in [3.05, 3.63) is 0 Å². The summed E-state index contributed by atoms with van der Waals surface area (Å²) in [7, 11) is 0. The SMILES string of the molecule is CCCC1C(=O)NC(C(C)C)C(=O)N1CCC1CC1. The molecule has 0 aromatic rings. The summed E-state index contributed by atoms with van der Waals surface area (Å²) in [5, 5.41) is 2.90. The maximum Gasteiger partial charge on any atom is 0.246 e. The van der Waals surface area contributed by atoms with E-state index in [-0.39, 0.29) is 29.8 Å². The predicted octanol–water partition coefficient (Wildman–Crippen LogP) is 1.94. The molecule has 2 aliphatic rings. The van der Waals surface area contributed by atoms with E-state index in [9.17, 15) is 9.59 Å². The summed E-state index contributed by atoms with van der Waals surface area (Å²) in [6.07, 6.45) is 5.34. The van der Waals surface area contributed by atoms with Crippen molar-refractivity contribution < 1.29 is 9.59 Å². The largest absolute Gasteiger partial charge is 0.342 e. The third-order valence-electron chi connectivity index (χ3n) is 4.23. The van der Waals surface area contributed by atoms with Crippen molar-refractivity contribution in [2.45, 2.75) is 65.0 Å². The van der Waals surface area contributed by atoms with Gasteiger partial charge in [0.1, 0.15) is 12.1 Å². The molecule has 2 atom stereocenters. The van der Waals surface area contributed by atoms with Gasteiger partial charge in [-0.3, -0.25) is 9.59 Å². The van der Waals surface area contributed by atoms with Gasteiger partial charge in [0.05, 0.1) is 0 Å². The maximum absolute atomic E-state index is 12.5. The average molecular weight is 266 g/mol. The lowest BCUT2D eigenvalue weighted by atomic mass is 9.96. The van der Waals surface area contributed by atoms with Gasteiger partial charge in [0, 0.05) is 6.54 Å². The van der Waals surface area contributed by atoms with E-state index < -0.39 is 0 Å². The molecule has 0 radical (unpaired) electrons. The van der Waals surface area contributed by atoms with Gasteiger partial charge >= 0.3 is 0 Å². The van der Waals surface area contributed by atoms with E-state index in [0.29, 0.717) is 0 Å². The second-order valence-electron chi connectivity index (χ2n) is 6.30. The number of carbonyl (C=O) groups excluding carboxylic acids is 2. The molecule has 0 bridgehead atoms. The van der Waals surface area contributed by atoms with E-state index in [2.05, 4.69) is 12.2 Å². The van der Waals surface area contributed by atoms with E-state index >= 15 is 0 Å². The minimum absolute atomic E-state index is 0.0379. The first kappa shape index (κ1) is 14.4. The first-order valence-electron chi connectivity index (χ1n) is 7.65. The molecule has 108 valence electrons.